The molecule has 1 N–H and O–H groups in total. The molecule has 146 valence electrons. The summed E-state index contributed by atoms with van der Waals surface area (Å²) in [5, 5.41) is 3.15. The Morgan fingerprint density at radius 3 is 2.30 bits per heavy atom. The molecular formula is C23H31NO3. The van der Waals surface area contributed by atoms with Crippen molar-refractivity contribution in [2.45, 2.75) is 52.7 Å². The van der Waals surface area contributed by atoms with Crippen LogP contribution in [0.25, 0.3) is 0 Å². The van der Waals surface area contributed by atoms with Crippen molar-refractivity contribution in [2.75, 3.05) is 7.11 Å². The van der Waals surface area contributed by atoms with Gasteiger partial charge in [0.25, 0.3) is 5.91 Å². The van der Waals surface area contributed by atoms with Crippen LogP contribution >= 0.6 is 0 Å². The van der Waals surface area contributed by atoms with Gasteiger partial charge in [0.2, 0.25) is 0 Å². The molecule has 0 saturated heterocycles. The summed E-state index contributed by atoms with van der Waals surface area (Å²) in [6.45, 7) is 8.18. The molecule has 2 atom stereocenters. The van der Waals surface area contributed by atoms with E-state index in [9.17, 15) is 4.79 Å². The van der Waals surface area contributed by atoms with Gasteiger partial charge >= 0.3 is 0 Å². The summed E-state index contributed by atoms with van der Waals surface area (Å²) >= 11 is 0. The van der Waals surface area contributed by atoms with Gasteiger partial charge in [-0.15, -0.1) is 0 Å². The van der Waals surface area contributed by atoms with Gasteiger partial charge in [-0.1, -0.05) is 51.1 Å². The maximum absolute atomic E-state index is 12.8. The number of para-hydroxylation sites is 1. The zero-order chi connectivity index (χ0) is 19.8. The third-order valence-electron chi connectivity index (χ3n) is 4.57. The Labute approximate surface area is 162 Å². The van der Waals surface area contributed by atoms with Crippen LogP contribution < -0.4 is 14.8 Å². The fourth-order valence-electron chi connectivity index (χ4n) is 3.03. The number of rotatable bonds is 9. The van der Waals surface area contributed by atoms with Crippen molar-refractivity contribution in [3.05, 3.63) is 59.7 Å². The molecule has 0 saturated carbocycles. The van der Waals surface area contributed by atoms with E-state index in [1.165, 1.54) is 0 Å². The average molecular weight is 370 g/mol. The predicted molar refractivity (Wildman–Crippen MR) is 109 cm³/mol. The van der Waals surface area contributed by atoms with E-state index in [4.69, 9.17) is 9.47 Å². The average Bonchev–Trinajstić information content (AvgIpc) is 2.67. The Morgan fingerprint density at radius 2 is 1.70 bits per heavy atom. The Balaban J connectivity index is 2.09. The molecule has 2 rings (SSSR count). The van der Waals surface area contributed by atoms with Gasteiger partial charge in [-0.05, 0) is 55.0 Å². The van der Waals surface area contributed by atoms with E-state index in [1.807, 2.05) is 48.5 Å². The third-order valence-corrected chi connectivity index (χ3v) is 4.57. The smallest absolute Gasteiger partial charge is 0.261 e. The van der Waals surface area contributed by atoms with Gasteiger partial charge < -0.3 is 14.8 Å². The van der Waals surface area contributed by atoms with E-state index in [2.05, 4.69) is 26.1 Å². The molecule has 27 heavy (non-hydrogen) atoms. The summed E-state index contributed by atoms with van der Waals surface area (Å²) in [6, 6.07) is 15.6. The number of benzene rings is 2. The molecule has 0 aliphatic carbocycles. The van der Waals surface area contributed by atoms with E-state index in [-0.39, 0.29) is 11.9 Å². The summed E-state index contributed by atoms with van der Waals surface area (Å²) in [4.78, 5) is 12.8. The van der Waals surface area contributed by atoms with Crippen LogP contribution in [0.4, 0.5) is 0 Å². The summed E-state index contributed by atoms with van der Waals surface area (Å²) in [6.07, 6.45) is 1.16. The lowest BCUT2D eigenvalue weighted by atomic mass is 9.96. The van der Waals surface area contributed by atoms with Gasteiger partial charge in [0.05, 0.1) is 13.2 Å². The van der Waals surface area contributed by atoms with E-state index in [0.29, 0.717) is 5.92 Å². The Hall–Kier alpha value is -2.49. The lowest BCUT2D eigenvalue weighted by Crippen LogP contribution is -2.39. The minimum atomic E-state index is -0.564. The van der Waals surface area contributed by atoms with Crippen molar-refractivity contribution in [3.63, 3.8) is 0 Å². The zero-order valence-corrected chi connectivity index (χ0v) is 17.0. The first-order valence-electron chi connectivity index (χ1n) is 9.63. The Morgan fingerprint density at radius 1 is 1.04 bits per heavy atom. The van der Waals surface area contributed by atoms with Crippen LogP contribution in [0.15, 0.2) is 48.5 Å². The van der Waals surface area contributed by atoms with Crippen molar-refractivity contribution >= 4 is 5.91 Å². The summed E-state index contributed by atoms with van der Waals surface area (Å²) in [5.74, 6) is 1.92. The maximum atomic E-state index is 12.8. The van der Waals surface area contributed by atoms with E-state index < -0.39 is 6.10 Å². The highest BCUT2D eigenvalue weighted by atomic mass is 16.5. The monoisotopic (exact) mass is 369 g/mol. The molecule has 4 heteroatoms. The van der Waals surface area contributed by atoms with Gasteiger partial charge in [-0.3, -0.25) is 4.79 Å². The number of methoxy groups -OCH3 is 1. The van der Waals surface area contributed by atoms with Crippen LogP contribution in [0.5, 0.6) is 11.5 Å². The molecule has 4 nitrogen and oxygen atoms in total. The molecule has 2 aromatic carbocycles. The minimum absolute atomic E-state index is 0.0594. The number of nitrogens with one attached hydrogen (secondary N) is 1. The van der Waals surface area contributed by atoms with Crippen LogP contribution in [-0.2, 0) is 11.2 Å². The first kappa shape index (κ1) is 20.8. The molecular weight excluding hydrogens is 338 g/mol. The molecule has 2 unspecified atom stereocenters. The standard InChI is InChI=1S/C23H31NO3/c1-6-18-9-7-8-10-22(18)27-17(4)23(25)24-21(15-16(2)3)19-11-13-20(26-5)14-12-19/h7-14,16-17,21H,6,15H2,1-5H3,(H,24,25). The van der Waals surface area contributed by atoms with Crippen molar-refractivity contribution in [2.24, 2.45) is 5.92 Å². The maximum Gasteiger partial charge on any atom is 0.261 e. The van der Waals surface area contributed by atoms with Crippen molar-refractivity contribution in [1.29, 1.82) is 0 Å². The van der Waals surface area contributed by atoms with Crippen molar-refractivity contribution in [1.82, 2.24) is 5.32 Å². The number of hydrogen-bond acceptors (Lipinski definition) is 3. The number of hydrogen-bond donors (Lipinski definition) is 1. The van der Waals surface area contributed by atoms with Crippen LogP contribution in [-0.4, -0.2) is 19.1 Å². The molecule has 2 aromatic rings. The highest BCUT2D eigenvalue weighted by molar-refractivity contribution is 5.81. The zero-order valence-electron chi connectivity index (χ0n) is 17.0. The molecule has 1 amide bonds. The van der Waals surface area contributed by atoms with E-state index in [0.717, 1.165) is 35.5 Å². The number of carbonyl (C=O) groups excluding carboxylic acids is 1. The number of carbonyl (C=O) groups is 1. The minimum Gasteiger partial charge on any atom is -0.497 e. The first-order chi connectivity index (χ1) is 12.9. The van der Waals surface area contributed by atoms with E-state index >= 15 is 0 Å². The molecule has 0 bridgehead atoms. The second-order valence-corrected chi connectivity index (χ2v) is 7.19. The number of ether oxygens (including phenoxy) is 2. The molecule has 0 heterocycles. The number of aryl methyl sites for hydroxylation is 1. The van der Waals surface area contributed by atoms with E-state index in [1.54, 1.807) is 14.0 Å². The highest BCUT2D eigenvalue weighted by Gasteiger charge is 2.22. The summed E-state index contributed by atoms with van der Waals surface area (Å²) in [5.41, 5.74) is 2.17. The normalized spacial score (nSPS) is 13.1. The lowest BCUT2D eigenvalue weighted by molar-refractivity contribution is -0.128. The van der Waals surface area contributed by atoms with Crippen molar-refractivity contribution in [3.8, 4) is 11.5 Å². The first-order valence-corrected chi connectivity index (χ1v) is 9.63. The van der Waals surface area contributed by atoms with Crippen LogP contribution in [0.1, 0.15) is 51.3 Å². The fourth-order valence-corrected chi connectivity index (χ4v) is 3.03. The largest absolute Gasteiger partial charge is 0.497 e. The second-order valence-electron chi connectivity index (χ2n) is 7.19. The fraction of sp³-hybridized carbons (Fsp3) is 0.435. The highest BCUT2D eigenvalue weighted by Crippen LogP contribution is 2.24. The van der Waals surface area contributed by atoms with Gasteiger partial charge in [-0.2, -0.15) is 0 Å². The predicted octanol–water partition coefficient (Wildman–Crippen LogP) is 4.93. The quantitative estimate of drug-likeness (QED) is 0.682. The topological polar surface area (TPSA) is 47.6 Å². The lowest BCUT2D eigenvalue weighted by Gasteiger charge is -2.24. The second kappa shape index (κ2) is 10.0. The molecule has 0 aromatic heterocycles. The third kappa shape index (κ3) is 6.02. The van der Waals surface area contributed by atoms with Gasteiger partial charge in [0, 0.05) is 0 Å². The van der Waals surface area contributed by atoms with Crippen molar-refractivity contribution < 1.29 is 14.3 Å². The summed E-state index contributed by atoms with van der Waals surface area (Å²) in [7, 11) is 1.65. The summed E-state index contributed by atoms with van der Waals surface area (Å²) < 4.78 is 11.2. The van der Waals surface area contributed by atoms with Gasteiger partial charge in [0.1, 0.15) is 11.5 Å². The molecule has 0 aliphatic rings. The SMILES string of the molecule is CCc1ccccc1OC(C)C(=O)NC(CC(C)C)c1ccc(OC)cc1. The molecule has 0 fully saturated rings. The molecule has 0 spiro atoms. The number of amides is 1. The molecule has 0 aliphatic heterocycles. The van der Waals surface area contributed by atoms with Crippen LogP contribution in [0.2, 0.25) is 0 Å². The van der Waals surface area contributed by atoms with Gasteiger partial charge in [-0.25, -0.2) is 0 Å². The molecule has 0 radical (unpaired) electrons. The van der Waals surface area contributed by atoms with Crippen LogP contribution in [0.3, 0.4) is 0 Å². The Kier molecular flexibility index (Phi) is 7.71. The van der Waals surface area contributed by atoms with Crippen LogP contribution in [0, 0.1) is 5.92 Å². The Bertz CT molecular complexity index is 725. The van der Waals surface area contributed by atoms with Gasteiger partial charge in [0.15, 0.2) is 6.10 Å².